The zero-order valence-corrected chi connectivity index (χ0v) is 15.9. The molecule has 2 unspecified atom stereocenters. The number of aromatic amines is 1. The zero-order chi connectivity index (χ0) is 23.2. The first-order valence-electron chi connectivity index (χ1n) is 8.60. The normalized spacial score (nSPS) is 12.3. The molecule has 0 aliphatic rings. The highest BCUT2D eigenvalue weighted by Crippen LogP contribution is 2.00. The van der Waals surface area contributed by atoms with Gasteiger partial charge >= 0.3 is 5.97 Å². The molecule has 31 heavy (non-hydrogen) atoms. The molecule has 0 aliphatic heterocycles. The molecule has 0 spiro atoms. The average Bonchev–Trinajstić information content (AvgIpc) is 3.18. The van der Waals surface area contributed by atoms with Crippen molar-refractivity contribution in [3.05, 3.63) is 38.4 Å². The SMILES string of the molecule is O=C(COCC(CO[N+](=O)[O-])O[N+](=O)[O-])NCCC(=O)NC(Cc1c[nH]cn1)C(=O)O. The fourth-order valence-electron chi connectivity index (χ4n) is 2.10. The number of nitrogens with one attached hydrogen (secondary N) is 3. The molecule has 0 radical (unpaired) electrons. The summed E-state index contributed by atoms with van der Waals surface area (Å²) >= 11 is 0. The van der Waals surface area contributed by atoms with Crippen LogP contribution in [0.25, 0.3) is 0 Å². The number of carboxylic acid groups (broad SMARTS) is 1. The van der Waals surface area contributed by atoms with E-state index in [1.807, 2.05) is 0 Å². The maximum atomic E-state index is 11.9. The second kappa shape index (κ2) is 13.2. The van der Waals surface area contributed by atoms with Gasteiger partial charge in [0.2, 0.25) is 11.8 Å². The molecule has 1 aromatic heterocycles. The second-order valence-electron chi connectivity index (χ2n) is 5.81. The smallest absolute Gasteiger partial charge is 0.326 e. The highest BCUT2D eigenvalue weighted by molar-refractivity contribution is 5.84. The van der Waals surface area contributed by atoms with E-state index in [1.54, 1.807) is 0 Å². The highest BCUT2D eigenvalue weighted by atomic mass is 17.0. The van der Waals surface area contributed by atoms with Crippen molar-refractivity contribution in [1.82, 2.24) is 20.6 Å². The van der Waals surface area contributed by atoms with Crippen molar-refractivity contribution < 1.29 is 44.1 Å². The lowest BCUT2D eigenvalue weighted by Crippen LogP contribution is -2.43. The summed E-state index contributed by atoms with van der Waals surface area (Å²) < 4.78 is 4.87. The van der Waals surface area contributed by atoms with E-state index in [0.29, 0.717) is 5.69 Å². The fraction of sp³-hybridized carbons (Fsp3) is 0.571. The summed E-state index contributed by atoms with van der Waals surface area (Å²) in [6.45, 7) is -2.04. The molecule has 0 aliphatic carbocycles. The first kappa shape index (κ1) is 25.0. The monoisotopic (exact) mass is 448 g/mol. The van der Waals surface area contributed by atoms with E-state index in [4.69, 9.17) is 9.84 Å². The summed E-state index contributed by atoms with van der Waals surface area (Å²) in [7, 11) is 0. The Morgan fingerprint density at radius 1 is 1.19 bits per heavy atom. The summed E-state index contributed by atoms with van der Waals surface area (Å²) in [6.07, 6.45) is 1.18. The van der Waals surface area contributed by atoms with E-state index in [1.165, 1.54) is 12.5 Å². The molecular weight excluding hydrogens is 428 g/mol. The minimum Gasteiger partial charge on any atom is -0.480 e. The lowest BCUT2D eigenvalue weighted by atomic mass is 10.1. The van der Waals surface area contributed by atoms with Crippen molar-refractivity contribution in [2.24, 2.45) is 0 Å². The molecule has 0 bridgehead atoms. The molecule has 172 valence electrons. The van der Waals surface area contributed by atoms with E-state index in [9.17, 15) is 34.6 Å². The molecule has 17 heteroatoms. The number of hydrogen-bond donors (Lipinski definition) is 4. The quantitative estimate of drug-likeness (QED) is 0.156. The Hall–Kier alpha value is -4.02. The Morgan fingerprint density at radius 2 is 1.94 bits per heavy atom. The van der Waals surface area contributed by atoms with Gasteiger partial charge in [-0.1, -0.05) is 0 Å². The molecule has 0 aromatic carbocycles. The molecule has 0 saturated carbocycles. The van der Waals surface area contributed by atoms with Crippen LogP contribution in [0.15, 0.2) is 12.5 Å². The van der Waals surface area contributed by atoms with Crippen LogP contribution in [0.1, 0.15) is 12.1 Å². The Kier molecular flexibility index (Phi) is 10.7. The van der Waals surface area contributed by atoms with Crippen LogP contribution < -0.4 is 10.6 Å². The molecule has 17 nitrogen and oxygen atoms in total. The molecule has 1 heterocycles. The Balaban J connectivity index is 2.28. The zero-order valence-electron chi connectivity index (χ0n) is 15.9. The number of ether oxygens (including phenoxy) is 1. The van der Waals surface area contributed by atoms with Crippen molar-refractivity contribution in [3.8, 4) is 0 Å². The molecular formula is C14H20N6O11. The molecule has 2 amide bonds. The Bertz CT molecular complexity index is 756. The van der Waals surface area contributed by atoms with E-state index >= 15 is 0 Å². The van der Waals surface area contributed by atoms with Crippen LogP contribution in [-0.2, 0) is 35.2 Å². The van der Waals surface area contributed by atoms with Crippen LogP contribution in [0.5, 0.6) is 0 Å². The number of amides is 2. The molecule has 2 atom stereocenters. The number of nitrogens with zero attached hydrogens (tertiary/aromatic N) is 3. The van der Waals surface area contributed by atoms with Crippen LogP contribution in [0.3, 0.4) is 0 Å². The van der Waals surface area contributed by atoms with E-state index in [0.717, 1.165) is 0 Å². The van der Waals surface area contributed by atoms with Gasteiger partial charge < -0.3 is 35.1 Å². The minimum atomic E-state index is -1.43. The molecule has 1 aromatic rings. The summed E-state index contributed by atoms with van der Waals surface area (Å²) in [6, 6.07) is -1.20. The minimum absolute atomic E-state index is 0.0294. The van der Waals surface area contributed by atoms with Gasteiger partial charge in [-0.3, -0.25) is 9.59 Å². The van der Waals surface area contributed by atoms with E-state index in [-0.39, 0.29) is 19.4 Å². The third-order valence-electron chi connectivity index (χ3n) is 3.41. The number of aliphatic carboxylic acids is 1. The standard InChI is InChI=1S/C14H20N6O11/c21-12(18-11(14(23)24)3-9-4-15-8-17-9)1-2-16-13(22)7-29-5-10(31-20(27)28)6-30-19(25)26/h4,8,10-11H,1-3,5-7H2,(H,15,17)(H,16,22)(H,18,21)(H,23,24). The van der Waals surface area contributed by atoms with Gasteiger partial charge in [0.05, 0.1) is 18.6 Å². The number of hydrogen-bond acceptors (Lipinski definition) is 11. The van der Waals surface area contributed by atoms with Crippen molar-refractivity contribution >= 4 is 17.8 Å². The summed E-state index contributed by atoms with van der Waals surface area (Å²) in [5, 5.41) is 31.8. The molecule has 4 N–H and O–H groups in total. The van der Waals surface area contributed by atoms with Crippen molar-refractivity contribution in [2.45, 2.75) is 25.0 Å². The predicted molar refractivity (Wildman–Crippen MR) is 95.1 cm³/mol. The highest BCUT2D eigenvalue weighted by Gasteiger charge is 2.21. The van der Waals surface area contributed by atoms with Gasteiger partial charge in [-0.25, -0.2) is 9.78 Å². The Morgan fingerprint density at radius 3 is 2.52 bits per heavy atom. The molecule has 0 saturated heterocycles. The number of carbonyl (C=O) groups is 3. The van der Waals surface area contributed by atoms with Gasteiger partial charge in [-0.05, 0) is 0 Å². The van der Waals surface area contributed by atoms with Crippen molar-refractivity contribution in [3.63, 3.8) is 0 Å². The number of carbonyl (C=O) groups excluding carboxylic acids is 2. The van der Waals surface area contributed by atoms with Gasteiger partial charge in [-0.2, -0.15) is 0 Å². The van der Waals surface area contributed by atoms with Crippen LogP contribution in [-0.4, -0.2) is 81.5 Å². The first-order valence-corrected chi connectivity index (χ1v) is 8.60. The second-order valence-corrected chi connectivity index (χ2v) is 5.81. The van der Waals surface area contributed by atoms with Crippen molar-refractivity contribution in [1.29, 1.82) is 0 Å². The van der Waals surface area contributed by atoms with Gasteiger partial charge in [0.25, 0.3) is 10.2 Å². The van der Waals surface area contributed by atoms with Gasteiger partial charge in [0.15, 0.2) is 6.10 Å². The number of H-pyrrole nitrogens is 1. The Labute approximate surface area is 173 Å². The maximum Gasteiger partial charge on any atom is 0.326 e. The van der Waals surface area contributed by atoms with Gasteiger partial charge in [0.1, 0.15) is 19.3 Å². The maximum absolute atomic E-state index is 11.9. The lowest BCUT2D eigenvalue weighted by molar-refractivity contribution is -0.790. The topological polar surface area (TPSA) is 238 Å². The predicted octanol–water partition coefficient (Wildman–Crippen LogP) is -2.17. The van der Waals surface area contributed by atoms with Crippen LogP contribution >= 0.6 is 0 Å². The third kappa shape index (κ3) is 11.5. The van der Waals surface area contributed by atoms with Gasteiger partial charge in [0, 0.05) is 25.6 Å². The van der Waals surface area contributed by atoms with E-state index < -0.39 is 59.9 Å². The number of rotatable bonds is 16. The summed E-state index contributed by atoms with van der Waals surface area (Å²) in [5.74, 6) is -2.56. The third-order valence-corrected chi connectivity index (χ3v) is 3.41. The molecule has 0 fully saturated rings. The van der Waals surface area contributed by atoms with Crippen LogP contribution in [0.2, 0.25) is 0 Å². The largest absolute Gasteiger partial charge is 0.480 e. The number of carboxylic acids is 1. The number of imidazole rings is 1. The van der Waals surface area contributed by atoms with E-state index in [2.05, 4.69) is 30.3 Å². The lowest BCUT2D eigenvalue weighted by Gasteiger charge is -2.14. The van der Waals surface area contributed by atoms with Crippen molar-refractivity contribution in [2.75, 3.05) is 26.4 Å². The van der Waals surface area contributed by atoms with Crippen LogP contribution in [0.4, 0.5) is 0 Å². The average molecular weight is 448 g/mol. The summed E-state index contributed by atoms with van der Waals surface area (Å²) in [4.78, 5) is 69.8. The fourth-order valence-corrected chi connectivity index (χ4v) is 2.10. The van der Waals surface area contributed by atoms with Crippen LogP contribution in [0, 0.1) is 20.2 Å². The molecule has 1 rings (SSSR count). The van der Waals surface area contributed by atoms with Gasteiger partial charge in [-0.15, -0.1) is 20.2 Å². The first-order chi connectivity index (χ1) is 14.7. The summed E-state index contributed by atoms with van der Waals surface area (Å²) in [5.41, 5.74) is 0.445. The number of aromatic nitrogens is 2.